The molecule has 0 aliphatic rings. The Kier molecular flexibility index (Phi) is 6.33. The summed E-state index contributed by atoms with van der Waals surface area (Å²) in [6.45, 7) is 6.26. The van der Waals surface area contributed by atoms with E-state index >= 15 is 0 Å². The molecule has 0 radical (unpaired) electrons. The Morgan fingerprint density at radius 2 is 1.54 bits per heavy atom. The number of carbonyl (C=O) groups excluding carboxylic acids is 1. The molecule has 1 amide bonds. The second kappa shape index (κ2) is 9.09. The summed E-state index contributed by atoms with van der Waals surface area (Å²) in [5.41, 5.74) is 4.02. The van der Waals surface area contributed by atoms with Gasteiger partial charge >= 0.3 is 0 Å². The van der Waals surface area contributed by atoms with Crippen LogP contribution in [0, 0.1) is 13.8 Å². The van der Waals surface area contributed by atoms with Crippen LogP contribution in [0.15, 0.2) is 72.8 Å². The van der Waals surface area contributed by atoms with E-state index in [0.29, 0.717) is 18.0 Å². The molecule has 0 saturated carbocycles. The molecule has 3 rings (SSSR count). The van der Waals surface area contributed by atoms with E-state index in [1.54, 1.807) is 6.92 Å². The number of hydrogen-bond donors (Lipinski definition) is 1. The van der Waals surface area contributed by atoms with E-state index in [1.165, 1.54) is 0 Å². The van der Waals surface area contributed by atoms with Gasteiger partial charge in [-0.15, -0.1) is 0 Å². The average molecular weight is 375 g/mol. The maximum Gasteiger partial charge on any atom is 0.265 e. The molecule has 4 heteroatoms. The van der Waals surface area contributed by atoms with E-state index in [0.717, 1.165) is 22.4 Å². The van der Waals surface area contributed by atoms with Crippen LogP contribution in [0.4, 0.5) is 5.69 Å². The van der Waals surface area contributed by atoms with Gasteiger partial charge in [0.1, 0.15) is 18.1 Å². The molecule has 0 aliphatic heterocycles. The summed E-state index contributed by atoms with van der Waals surface area (Å²) < 4.78 is 11.5. The van der Waals surface area contributed by atoms with Crippen molar-refractivity contribution >= 4 is 11.6 Å². The van der Waals surface area contributed by atoms with Crippen LogP contribution in [0.5, 0.6) is 11.5 Å². The number of anilines is 1. The lowest BCUT2D eigenvalue weighted by Crippen LogP contribution is -2.30. The van der Waals surface area contributed by atoms with Gasteiger partial charge in [-0.25, -0.2) is 0 Å². The number of benzene rings is 3. The maximum absolute atomic E-state index is 12.4. The Balaban J connectivity index is 1.53. The third-order valence-corrected chi connectivity index (χ3v) is 4.25. The van der Waals surface area contributed by atoms with E-state index in [2.05, 4.69) is 11.4 Å². The number of hydrogen-bond acceptors (Lipinski definition) is 3. The fraction of sp³-hybridized carbons (Fsp3) is 0.208. The van der Waals surface area contributed by atoms with Crippen LogP contribution in [-0.4, -0.2) is 12.0 Å². The summed E-state index contributed by atoms with van der Waals surface area (Å²) in [4.78, 5) is 12.4. The van der Waals surface area contributed by atoms with E-state index < -0.39 is 6.10 Å². The maximum atomic E-state index is 12.4. The topological polar surface area (TPSA) is 47.6 Å². The van der Waals surface area contributed by atoms with Crippen molar-refractivity contribution < 1.29 is 14.3 Å². The van der Waals surface area contributed by atoms with E-state index in [-0.39, 0.29) is 5.91 Å². The van der Waals surface area contributed by atoms with Gasteiger partial charge in [0.05, 0.1) is 0 Å². The molecule has 1 N–H and O–H groups in total. The first-order valence-corrected chi connectivity index (χ1v) is 9.32. The number of rotatable bonds is 7. The van der Waals surface area contributed by atoms with Gasteiger partial charge in [-0.05, 0) is 73.9 Å². The van der Waals surface area contributed by atoms with Gasteiger partial charge < -0.3 is 14.8 Å². The van der Waals surface area contributed by atoms with Crippen molar-refractivity contribution in [2.24, 2.45) is 0 Å². The summed E-state index contributed by atoms with van der Waals surface area (Å²) in [5, 5.41) is 2.87. The molecule has 0 aromatic heterocycles. The van der Waals surface area contributed by atoms with Crippen molar-refractivity contribution in [3.8, 4) is 11.5 Å². The van der Waals surface area contributed by atoms with E-state index in [9.17, 15) is 4.79 Å². The van der Waals surface area contributed by atoms with Crippen LogP contribution >= 0.6 is 0 Å². The van der Waals surface area contributed by atoms with Crippen LogP contribution in [0.1, 0.15) is 23.6 Å². The summed E-state index contributed by atoms with van der Waals surface area (Å²) in [7, 11) is 0. The quantitative estimate of drug-likeness (QED) is 0.610. The smallest absolute Gasteiger partial charge is 0.265 e. The lowest BCUT2D eigenvalue weighted by molar-refractivity contribution is -0.122. The molecule has 0 fully saturated rings. The second-order valence-corrected chi connectivity index (χ2v) is 6.87. The Labute approximate surface area is 166 Å². The number of nitrogens with one attached hydrogen (secondary N) is 1. The summed E-state index contributed by atoms with van der Waals surface area (Å²) >= 11 is 0. The molecule has 0 aliphatic carbocycles. The van der Waals surface area contributed by atoms with Gasteiger partial charge in [0.25, 0.3) is 5.91 Å². The molecule has 28 heavy (non-hydrogen) atoms. The van der Waals surface area contributed by atoms with Crippen LogP contribution in [0.25, 0.3) is 0 Å². The first-order valence-electron chi connectivity index (χ1n) is 9.32. The van der Waals surface area contributed by atoms with Crippen molar-refractivity contribution in [1.29, 1.82) is 0 Å². The van der Waals surface area contributed by atoms with Crippen LogP contribution in [0.3, 0.4) is 0 Å². The van der Waals surface area contributed by atoms with Crippen LogP contribution < -0.4 is 14.8 Å². The zero-order chi connectivity index (χ0) is 19.9. The number of carbonyl (C=O) groups is 1. The average Bonchev–Trinajstić information content (AvgIpc) is 2.67. The first-order chi connectivity index (χ1) is 13.5. The molecule has 3 aromatic rings. The lowest BCUT2D eigenvalue weighted by atomic mass is 10.1. The highest BCUT2D eigenvalue weighted by Gasteiger charge is 2.15. The molecule has 0 heterocycles. The predicted octanol–water partition coefficient (Wildman–Crippen LogP) is 5.29. The van der Waals surface area contributed by atoms with Gasteiger partial charge in [-0.2, -0.15) is 0 Å². The van der Waals surface area contributed by atoms with Gasteiger partial charge in [-0.3, -0.25) is 4.79 Å². The zero-order valence-corrected chi connectivity index (χ0v) is 16.4. The number of ether oxygens (including phenoxy) is 2. The Morgan fingerprint density at radius 1 is 0.893 bits per heavy atom. The van der Waals surface area contributed by atoms with Gasteiger partial charge in [0, 0.05) is 5.69 Å². The molecule has 1 unspecified atom stereocenters. The molecule has 0 saturated heterocycles. The second-order valence-electron chi connectivity index (χ2n) is 6.87. The molecular formula is C24H25NO3. The zero-order valence-electron chi connectivity index (χ0n) is 16.4. The molecular weight excluding hydrogens is 350 g/mol. The first kappa shape index (κ1) is 19.5. The fourth-order valence-corrected chi connectivity index (χ4v) is 2.88. The van der Waals surface area contributed by atoms with Gasteiger partial charge in [-0.1, -0.05) is 36.4 Å². The Morgan fingerprint density at radius 3 is 2.18 bits per heavy atom. The third-order valence-electron chi connectivity index (χ3n) is 4.25. The van der Waals surface area contributed by atoms with Crippen molar-refractivity contribution in [2.75, 3.05) is 5.32 Å². The summed E-state index contributed by atoms with van der Waals surface area (Å²) in [5.74, 6) is 1.25. The van der Waals surface area contributed by atoms with Crippen LogP contribution in [-0.2, 0) is 11.4 Å². The molecule has 0 spiro atoms. The molecule has 0 bridgehead atoms. The number of amides is 1. The van der Waals surface area contributed by atoms with Gasteiger partial charge in [0.15, 0.2) is 6.10 Å². The minimum atomic E-state index is -0.602. The summed E-state index contributed by atoms with van der Waals surface area (Å²) in [6, 6.07) is 23.2. The van der Waals surface area contributed by atoms with Gasteiger partial charge in [0.2, 0.25) is 0 Å². The SMILES string of the molecule is Cc1cc(C)cc(OC(C)C(=O)Nc2ccc(OCc3ccccc3)cc2)c1. The van der Waals surface area contributed by atoms with E-state index in [4.69, 9.17) is 9.47 Å². The highest BCUT2D eigenvalue weighted by Crippen LogP contribution is 2.20. The molecule has 144 valence electrons. The van der Waals surface area contributed by atoms with Crippen molar-refractivity contribution in [3.63, 3.8) is 0 Å². The fourth-order valence-electron chi connectivity index (χ4n) is 2.88. The monoisotopic (exact) mass is 375 g/mol. The van der Waals surface area contributed by atoms with Crippen molar-refractivity contribution in [2.45, 2.75) is 33.5 Å². The third kappa shape index (κ3) is 5.61. The summed E-state index contributed by atoms with van der Waals surface area (Å²) in [6.07, 6.45) is -0.602. The largest absolute Gasteiger partial charge is 0.489 e. The molecule has 1 atom stereocenters. The van der Waals surface area contributed by atoms with Crippen molar-refractivity contribution in [1.82, 2.24) is 0 Å². The van der Waals surface area contributed by atoms with E-state index in [1.807, 2.05) is 80.6 Å². The molecule has 3 aromatic carbocycles. The predicted molar refractivity (Wildman–Crippen MR) is 112 cm³/mol. The van der Waals surface area contributed by atoms with Crippen molar-refractivity contribution in [3.05, 3.63) is 89.5 Å². The Hall–Kier alpha value is -3.27. The minimum absolute atomic E-state index is 0.197. The highest BCUT2D eigenvalue weighted by atomic mass is 16.5. The standard InChI is InChI=1S/C24H25NO3/c1-17-13-18(2)15-23(14-17)28-19(3)24(26)25-21-9-11-22(12-10-21)27-16-20-7-5-4-6-8-20/h4-15,19H,16H2,1-3H3,(H,25,26). The lowest BCUT2D eigenvalue weighted by Gasteiger charge is -2.16. The molecule has 4 nitrogen and oxygen atoms in total. The normalized spacial score (nSPS) is 11.5. The number of aryl methyl sites for hydroxylation is 2. The van der Waals surface area contributed by atoms with Crippen LogP contribution in [0.2, 0.25) is 0 Å². The minimum Gasteiger partial charge on any atom is -0.489 e. The highest BCUT2D eigenvalue weighted by molar-refractivity contribution is 5.94. The Bertz CT molecular complexity index is 900.